The lowest BCUT2D eigenvalue weighted by atomic mass is 9.72. The van der Waals surface area contributed by atoms with E-state index in [0.29, 0.717) is 5.92 Å². The molecule has 0 saturated heterocycles. The van der Waals surface area contributed by atoms with E-state index >= 15 is 0 Å². The van der Waals surface area contributed by atoms with E-state index in [2.05, 4.69) is 38.1 Å². The average Bonchev–Trinajstić information content (AvgIpc) is 3.04. The molecular formula is C23H28F2. The Hall–Kier alpha value is -1.70. The molecule has 0 aromatic heterocycles. The molecule has 0 radical (unpaired) electrons. The highest BCUT2D eigenvalue weighted by molar-refractivity contribution is 5.44. The molecule has 0 heterocycles. The maximum absolute atomic E-state index is 14.6. The number of hydrogen-bond donors (Lipinski definition) is 0. The predicted octanol–water partition coefficient (Wildman–Crippen LogP) is 7.07. The molecule has 25 heavy (non-hydrogen) atoms. The predicted molar refractivity (Wildman–Crippen MR) is 100 cm³/mol. The molecule has 2 aromatic rings. The van der Waals surface area contributed by atoms with E-state index in [9.17, 15) is 8.78 Å². The number of hydrogen-bond acceptors (Lipinski definition) is 0. The van der Waals surface area contributed by atoms with E-state index in [1.165, 1.54) is 11.1 Å². The minimum atomic E-state index is -0.407. The van der Waals surface area contributed by atoms with Crippen molar-refractivity contribution in [3.8, 4) is 0 Å². The topological polar surface area (TPSA) is 0 Å². The fraction of sp³-hybridized carbons (Fsp3) is 0.478. The molecule has 3 rings (SSSR count). The highest BCUT2D eigenvalue weighted by Gasteiger charge is 2.38. The van der Waals surface area contributed by atoms with Crippen LogP contribution < -0.4 is 0 Å². The molecule has 0 bridgehead atoms. The monoisotopic (exact) mass is 342 g/mol. The van der Waals surface area contributed by atoms with Crippen LogP contribution in [0.2, 0.25) is 0 Å². The van der Waals surface area contributed by atoms with Gasteiger partial charge >= 0.3 is 0 Å². The summed E-state index contributed by atoms with van der Waals surface area (Å²) in [5.41, 5.74) is 3.22. The molecule has 1 aliphatic carbocycles. The summed E-state index contributed by atoms with van der Waals surface area (Å²) in [7, 11) is 0. The Bertz CT molecular complexity index is 712. The second kappa shape index (κ2) is 6.90. The van der Waals surface area contributed by atoms with E-state index in [1.54, 1.807) is 12.1 Å². The molecular weight excluding hydrogens is 314 g/mol. The lowest BCUT2D eigenvalue weighted by molar-refractivity contribution is 0.500. The van der Waals surface area contributed by atoms with Crippen LogP contribution in [0.5, 0.6) is 0 Å². The van der Waals surface area contributed by atoms with Gasteiger partial charge in [0.1, 0.15) is 11.6 Å². The van der Waals surface area contributed by atoms with Gasteiger partial charge < -0.3 is 0 Å². The van der Waals surface area contributed by atoms with Crippen molar-refractivity contribution in [2.24, 2.45) is 0 Å². The van der Waals surface area contributed by atoms with Crippen molar-refractivity contribution in [3.05, 3.63) is 70.3 Å². The van der Waals surface area contributed by atoms with Crippen LogP contribution in [0.3, 0.4) is 0 Å². The van der Waals surface area contributed by atoms with Crippen molar-refractivity contribution >= 4 is 0 Å². The minimum absolute atomic E-state index is 0.154. The zero-order chi connectivity index (χ0) is 18.2. The SMILES string of the molecule is CC(C)c1ccc(C2(c3cc(F)c(C(C)C)c(F)c3)CCCC2)cc1. The van der Waals surface area contributed by atoms with Gasteiger partial charge in [0.2, 0.25) is 0 Å². The van der Waals surface area contributed by atoms with Crippen molar-refractivity contribution in [2.75, 3.05) is 0 Å². The van der Waals surface area contributed by atoms with E-state index in [-0.39, 0.29) is 16.9 Å². The summed E-state index contributed by atoms with van der Waals surface area (Å²) >= 11 is 0. The number of benzene rings is 2. The van der Waals surface area contributed by atoms with Gasteiger partial charge in [0.25, 0.3) is 0 Å². The average molecular weight is 342 g/mol. The van der Waals surface area contributed by atoms with Crippen LogP contribution in [0.1, 0.15) is 87.5 Å². The summed E-state index contributed by atoms with van der Waals surface area (Å²) in [6.07, 6.45) is 4.10. The van der Waals surface area contributed by atoms with Crippen molar-refractivity contribution in [1.29, 1.82) is 0 Å². The second-order valence-corrected chi connectivity index (χ2v) is 8.07. The number of rotatable bonds is 4. The summed E-state index contributed by atoms with van der Waals surface area (Å²) in [4.78, 5) is 0. The van der Waals surface area contributed by atoms with Gasteiger partial charge in [-0.1, -0.05) is 64.8 Å². The summed E-state index contributed by atoms with van der Waals surface area (Å²) in [6, 6.07) is 11.8. The van der Waals surface area contributed by atoms with Crippen LogP contribution in [-0.4, -0.2) is 0 Å². The largest absolute Gasteiger partial charge is 0.207 e. The molecule has 0 atom stereocenters. The highest BCUT2D eigenvalue weighted by Crippen LogP contribution is 2.47. The van der Waals surface area contributed by atoms with Gasteiger partial charge in [0.15, 0.2) is 0 Å². The van der Waals surface area contributed by atoms with Crippen LogP contribution >= 0.6 is 0 Å². The van der Waals surface area contributed by atoms with Gasteiger partial charge in [-0.15, -0.1) is 0 Å². The van der Waals surface area contributed by atoms with Gasteiger partial charge in [-0.2, -0.15) is 0 Å². The molecule has 2 heteroatoms. The minimum Gasteiger partial charge on any atom is -0.207 e. The van der Waals surface area contributed by atoms with E-state index < -0.39 is 11.6 Å². The maximum Gasteiger partial charge on any atom is 0.129 e. The maximum atomic E-state index is 14.6. The normalized spacial score (nSPS) is 16.8. The molecule has 1 saturated carbocycles. The molecule has 134 valence electrons. The second-order valence-electron chi connectivity index (χ2n) is 8.07. The Morgan fingerprint density at radius 1 is 0.760 bits per heavy atom. The Morgan fingerprint density at radius 2 is 1.28 bits per heavy atom. The first-order chi connectivity index (χ1) is 11.8. The van der Waals surface area contributed by atoms with Crippen molar-refractivity contribution < 1.29 is 8.78 Å². The quantitative estimate of drug-likeness (QED) is 0.557. The standard InChI is InChI=1S/C23H28F2/c1-15(2)17-7-9-18(10-8-17)23(11-5-6-12-23)19-13-20(24)22(16(3)4)21(25)14-19/h7-10,13-16H,5-6,11-12H2,1-4H3. The summed E-state index contributed by atoms with van der Waals surface area (Å²) in [5, 5.41) is 0. The third-order valence-corrected chi connectivity index (χ3v) is 5.80. The molecule has 0 aliphatic heterocycles. The lowest BCUT2D eigenvalue weighted by Crippen LogP contribution is -2.24. The fourth-order valence-electron chi connectivity index (χ4n) is 4.32. The Morgan fingerprint density at radius 3 is 1.72 bits per heavy atom. The van der Waals surface area contributed by atoms with Crippen molar-refractivity contribution in [1.82, 2.24) is 0 Å². The van der Waals surface area contributed by atoms with Gasteiger partial charge in [0, 0.05) is 11.0 Å². The molecule has 1 aliphatic rings. The molecule has 0 N–H and O–H groups in total. The first-order valence-corrected chi connectivity index (χ1v) is 9.45. The fourth-order valence-corrected chi connectivity index (χ4v) is 4.32. The van der Waals surface area contributed by atoms with Gasteiger partial charge in [-0.25, -0.2) is 8.78 Å². The zero-order valence-electron chi connectivity index (χ0n) is 15.7. The summed E-state index contributed by atoms with van der Waals surface area (Å²) < 4.78 is 29.3. The van der Waals surface area contributed by atoms with E-state index in [0.717, 1.165) is 31.2 Å². The third-order valence-electron chi connectivity index (χ3n) is 5.80. The number of halogens is 2. The van der Waals surface area contributed by atoms with Gasteiger partial charge in [0.05, 0.1) is 0 Å². The molecule has 0 unspecified atom stereocenters. The Balaban J connectivity index is 2.10. The Kier molecular flexibility index (Phi) is 4.99. The smallest absolute Gasteiger partial charge is 0.129 e. The third kappa shape index (κ3) is 3.23. The summed E-state index contributed by atoms with van der Waals surface area (Å²) in [5.74, 6) is -0.488. The molecule has 0 amide bonds. The molecule has 0 nitrogen and oxygen atoms in total. The van der Waals surface area contributed by atoms with E-state index in [1.807, 2.05) is 13.8 Å². The van der Waals surface area contributed by atoms with Crippen LogP contribution in [0.4, 0.5) is 8.78 Å². The molecule has 0 spiro atoms. The van der Waals surface area contributed by atoms with Crippen LogP contribution in [0, 0.1) is 11.6 Å². The van der Waals surface area contributed by atoms with Gasteiger partial charge in [-0.3, -0.25) is 0 Å². The van der Waals surface area contributed by atoms with Crippen molar-refractivity contribution in [3.63, 3.8) is 0 Å². The van der Waals surface area contributed by atoms with Gasteiger partial charge in [-0.05, 0) is 53.5 Å². The van der Waals surface area contributed by atoms with Crippen LogP contribution in [0.25, 0.3) is 0 Å². The van der Waals surface area contributed by atoms with Crippen LogP contribution in [-0.2, 0) is 5.41 Å². The highest BCUT2D eigenvalue weighted by atomic mass is 19.1. The molecule has 2 aromatic carbocycles. The van der Waals surface area contributed by atoms with Crippen molar-refractivity contribution in [2.45, 2.75) is 70.6 Å². The first kappa shape index (κ1) is 18.1. The Labute approximate surface area is 150 Å². The van der Waals surface area contributed by atoms with E-state index in [4.69, 9.17) is 0 Å². The molecule has 1 fully saturated rings. The zero-order valence-corrected chi connectivity index (χ0v) is 15.7. The van der Waals surface area contributed by atoms with Crippen LogP contribution in [0.15, 0.2) is 36.4 Å². The first-order valence-electron chi connectivity index (χ1n) is 9.45. The summed E-state index contributed by atoms with van der Waals surface area (Å²) in [6.45, 7) is 8.01. The lowest BCUT2D eigenvalue weighted by Gasteiger charge is -2.31.